The SMILES string of the molecule is C#CC1(C#C)Sc2c(C)c3c(c(C(=O)[O-])c2S1)SC(C#C)(C#C)S3. The molecule has 3 rings (SSSR count). The molecule has 24 heavy (non-hydrogen) atoms. The van der Waals surface area contributed by atoms with Crippen molar-refractivity contribution in [2.24, 2.45) is 0 Å². The monoisotopic (exact) mass is 383 g/mol. The van der Waals surface area contributed by atoms with Crippen LogP contribution in [-0.2, 0) is 0 Å². The molecule has 0 atom stereocenters. The molecule has 2 aliphatic heterocycles. The maximum atomic E-state index is 11.8. The fourth-order valence-electron chi connectivity index (χ4n) is 2.34. The quantitative estimate of drug-likeness (QED) is 0.695. The van der Waals surface area contributed by atoms with Crippen molar-refractivity contribution in [1.82, 2.24) is 0 Å². The normalized spacial score (nSPS) is 18.4. The molecule has 0 unspecified atom stereocenters. The molecule has 2 nitrogen and oxygen atoms in total. The van der Waals surface area contributed by atoms with Crippen LogP contribution in [-0.4, -0.2) is 14.1 Å². The molecule has 0 saturated carbocycles. The Labute approximate surface area is 157 Å². The summed E-state index contributed by atoms with van der Waals surface area (Å²) in [6.07, 6.45) is 22.3. The van der Waals surface area contributed by atoms with Gasteiger partial charge in [-0.3, -0.25) is 0 Å². The van der Waals surface area contributed by atoms with Crippen LogP contribution in [0.1, 0.15) is 15.9 Å². The lowest BCUT2D eigenvalue weighted by Gasteiger charge is -2.15. The van der Waals surface area contributed by atoms with Gasteiger partial charge in [0.15, 0.2) is 8.16 Å². The Bertz CT molecular complexity index is 866. The van der Waals surface area contributed by atoms with Gasteiger partial charge in [-0.2, -0.15) is 0 Å². The lowest BCUT2D eigenvalue weighted by Crippen LogP contribution is -2.24. The molecule has 1 aromatic rings. The second kappa shape index (κ2) is 5.70. The molecular formula is C18H7O2S4-. The molecule has 6 heteroatoms. The zero-order valence-electron chi connectivity index (χ0n) is 12.3. The van der Waals surface area contributed by atoms with E-state index in [1.54, 1.807) is 0 Å². The molecule has 116 valence electrons. The molecule has 0 radical (unpaired) electrons. The van der Waals surface area contributed by atoms with E-state index in [1.165, 1.54) is 47.0 Å². The number of rotatable bonds is 1. The highest BCUT2D eigenvalue weighted by atomic mass is 32.2. The molecule has 0 bridgehead atoms. The molecule has 0 N–H and O–H groups in total. The predicted octanol–water partition coefficient (Wildman–Crippen LogP) is 2.68. The third kappa shape index (κ3) is 2.23. The van der Waals surface area contributed by atoms with Crippen molar-refractivity contribution < 1.29 is 9.90 Å². The van der Waals surface area contributed by atoms with Crippen molar-refractivity contribution in [3.63, 3.8) is 0 Å². The molecule has 2 heterocycles. The van der Waals surface area contributed by atoms with Gasteiger partial charge < -0.3 is 9.90 Å². The summed E-state index contributed by atoms with van der Waals surface area (Å²) in [4.78, 5) is 14.4. The fourth-order valence-corrected chi connectivity index (χ4v) is 7.89. The highest BCUT2D eigenvalue weighted by Gasteiger charge is 2.45. The zero-order valence-corrected chi connectivity index (χ0v) is 15.5. The molecule has 0 aromatic heterocycles. The molecular weight excluding hydrogens is 376 g/mol. The first-order valence-electron chi connectivity index (χ1n) is 6.45. The largest absolute Gasteiger partial charge is 0.545 e. The van der Waals surface area contributed by atoms with Crippen molar-refractivity contribution in [2.75, 3.05) is 0 Å². The molecule has 2 aliphatic rings. The summed E-state index contributed by atoms with van der Waals surface area (Å²) >= 11 is 4.95. The minimum atomic E-state index is -1.29. The van der Waals surface area contributed by atoms with E-state index in [9.17, 15) is 9.90 Å². The number of carbonyl (C=O) groups is 1. The summed E-state index contributed by atoms with van der Waals surface area (Å²) in [6, 6.07) is 0. The van der Waals surface area contributed by atoms with E-state index in [1.807, 2.05) is 6.92 Å². The number of hydrogen-bond acceptors (Lipinski definition) is 6. The van der Waals surface area contributed by atoms with Crippen LogP contribution in [0, 0.1) is 56.3 Å². The lowest BCUT2D eigenvalue weighted by molar-refractivity contribution is -0.255. The van der Waals surface area contributed by atoms with Gasteiger partial charge in [0.25, 0.3) is 0 Å². The summed E-state index contributed by atoms with van der Waals surface area (Å²) in [7, 11) is 0. The zero-order chi connectivity index (χ0) is 17.7. The standard InChI is InChI=1S/C18H8O2S4/c1-6-17(7-2)21-12-10(5)13-15(11(16(19)20)14(12)23-17)24-18(8-3,9-4)22-13/h1-4H,5H3,(H,19,20)/p-1. The fraction of sp³-hybridized carbons (Fsp3) is 0.167. The minimum Gasteiger partial charge on any atom is -0.545 e. The molecule has 0 aliphatic carbocycles. The van der Waals surface area contributed by atoms with E-state index in [2.05, 4.69) is 23.7 Å². The Kier molecular flexibility index (Phi) is 4.08. The predicted molar refractivity (Wildman–Crippen MR) is 99.7 cm³/mol. The first-order valence-corrected chi connectivity index (χ1v) is 9.71. The average Bonchev–Trinajstić information content (AvgIpc) is 3.15. The number of fused-ring (bicyclic) bond motifs is 2. The van der Waals surface area contributed by atoms with Crippen molar-refractivity contribution in [3.05, 3.63) is 11.1 Å². The summed E-state index contributed by atoms with van der Waals surface area (Å²) < 4.78 is -1.92. The highest BCUT2D eigenvalue weighted by Crippen LogP contribution is 2.65. The van der Waals surface area contributed by atoms with E-state index >= 15 is 0 Å². The van der Waals surface area contributed by atoms with Gasteiger partial charge in [-0.25, -0.2) is 0 Å². The van der Waals surface area contributed by atoms with E-state index < -0.39 is 14.1 Å². The first-order chi connectivity index (χ1) is 11.4. The van der Waals surface area contributed by atoms with Crippen LogP contribution in [0.2, 0.25) is 0 Å². The van der Waals surface area contributed by atoms with Crippen molar-refractivity contribution in [3.8, 4) is 49.4 Å². The molecule has 0 fully saturated rings. The number of carboxylic acids is 1. The smallest absolute Gasteiger partial charge is 0.191 e. The van der Waals surface area contributed by atoms with Crippen LogP contribution in [0.25, 0.3) is 0 Å². The number of aromatic carboxylic acids is 1. The van der Waals surface area contributed by atoms with Gasteiger partial charge in [0.05, 0.1) is 5.97 Å². The van der Waals surface area contributed by atoms with Gasteiger partial charge in [0.1, 0.15) is 0 Å². The third-order valence-corrected chi connectivity index (χ3v) is 9.50. The number of thioether (sulfide) groups is 4. The molecule has 0 amide bonds. The van der Waals surface area contributed by atoms with E-state index in [4.69, 9.17) is 25.7 Å². The number of hydrogen-bond donors (Lipinski definition) is 0. The molecule has 0 spiro atoms. The van der Waals surface area contributed by atoms with Crippen LogP contribution in [0.4, 0.5) is 0 Å². The summed E-state index contributed by atoms with van der Waals surface area (Å²) in [5, 5.41) is 11.8. The van der Waals surface area contributed by atoms with Gasteiger partial charge >= 0.3 is 0 Å². The Morgan fingerprint density at radius 1 is 0.833 bits per heavy atom. The van der Waals surface area contributed by atoms with Crippen LogP contribution in [0.5, 0.6) is 0 Å². The second-order valence-corrected chi connectivity index (χ2v) is 10.2. The van der Waals surface area contributed by atoms with Gasteiger partial charge in [0.2, 0.25) is 0 Å². The Balaban J connectivity index is 2.30. The van der Waals surface area contributed by atoms with Crippen LogP contribution in [0.15, 0.2) is 19.6 Å². The van der Waals surface area contributed by atoms with Gasteiger partial charge in [-0.1, -0.05) is 70.7 Å². The number of carboxylic acid groups (broad SMARTS) is 1. The number of benzene rings is 1. The number of terminal acetylenes is 4. The average molecular weight is 384 g/mol. The lowest BCUT2D eigenvalue weighted by atomic mass is 10.1. The van der Waals surface area contributed by atoms with E-state index in [-0.39, 0.29) is 5.56 Å². The summed E-state index contributed by atoms with van der Waals surface area (Å²) in [5.41, 5.74) is 0.958. The maximum absolute atomic E-state index is 11.8. The van der Waals surface area contributed by atoms with Crippen molar-refractivity contribution in [2.45, 2.75) is 34.7 Å². The highest BCUT2D eigenvalue weighted by molar-refractivity contribution is 8.22. The Morgan fingerprint density at radius 3 is 1.46 bits per heavy atom. The third-order valence-electron chi connectivity index (χ3n) is 3.50. The van der Waals surface area contributed by atoms with Crippen LogP contribution in [0.3, 0.4) is 0 Å². The second-order valence-electron chi connectivity index (χ2n) is 4.82. The van der Waals surface area contributed by atoms with E-state index in [0.29, 0.717) is 9.79 Å². The van der Waals surface area contributed by atoms with Gasteiger partial charge in [-0.05, 0) is 12.5 Å². The molecule has 1 aromatic carbocycles. The Morgan fingerprint density at radius 2 is 1.17 bits per heavy atom. The minimum absolute atomic E-state index is 0.0698. The first kappa shape index (κ1) is 17.2. The van der Waals surface area contributed by atoms with Gasteiger partial charge in [-0.15, -0.1) is 25.7 Å². The van der Waals surface area contributed by atoms with Gasteiger partial charge in [0, 0.05) is 25.1 Å². The Hall–Kier alpha value is -1.67. The van der Waals surface area contributed by atoms with Crippen LogP contribution >= 0.6 is 47.0 Å². The number of carbonyl (C=O) groups excluding carboxylic acids is 1. The van der Waals surface area contributed by atoms with Crippen molar-refractivity contribution >= 4 is 53.0 Å². The van der Waals surface area contributed by atoms with E-state index in [0.717, 1.165) is 15.4 Å². The molecule has 0 saturated heterocycles. The maximum Gasteiger partial charge on any atom is 0.191 e. The van der Waals surface area contributed by atoms with Crippen molar-refractivity contribution in [1.29, 1.82) is 0 Å². The summed E-state index contributed by atoms with van der Waals surface area (Å²) in [6.45, 7) is 1.89. The van der Waals surface area contributed by atoms with Crippen LogP contribution < -0.4 is 5.11 Å². The topological polar surface area (TPSA) is 40.1 Å². The summed E-state index contributed by atoms with van der Waals surface area (Å²) in [5.74, 6) is 9.02.